The Morgan fingerprint density at radius 2 is 1.25 bits per heavy atom. The van der Waals surface area contributed by atoms with E-state index < -0.39 is 10.8 Å². The minimum atomic E-state index is -1.18. The third-order valence-electron chi connectivity index (χ3n) is 3.57. The van der Waals surface area contributed by atoms with Gasteiger partial charge in [-0.1, -0.05) is 72.8 Å². The topological polar surface area (TPSA) is 34.1 Å². The van der Waals surface area contributed by atoms with Crippen molar-refractivity contribution in [3.8, 4) is 0 Å². The van der Waals surface area contributed by atoms with Crippen molar-refractivity contribution in [1.82, 2.24) is 0 Å². The van der Waals surface area contributed by atoms with Crippen molar-refractivity contribution in [1.29, 1.82) is 0 Å². The number of hydrogen-bond donors (Lipinski definition) is 0. The van der Waals surface area contributed by atoms with Gasteiger partial charge in [-0.2, -0.15) is 0 Å². The number of benzene rings is 3. The van der Waals surface area contributed by atoms with E-state index in [1.807, 2.05) is 60.7 Å². The highest BCUT2D eigenvalue weighted by Crippen LogP contribution is 2.13. The van der Waals surface area contributed by atoms with Crippen molar-refractivity contribution in [2.45, 2.75) is 4.90 Å². The Morgan fingerprint density at radius 3 is 1.88 bits per heavy atom. The molecule has 0 saturated carbocycles. The van der Waals surface area contributed by atoms with Crippen LogP contribution < -0.4 is 0 Å². The van der Waals surface area contributed by atoms with Gasteiger partial charge in [0.05, 0.1) is 10.8 Å². The van der Waals surface area contributed by atoms with Gasteiger partial charge in [0.2, 0.25) is 0 Å². The van der Waals surface area contributed by atoms with E-state index in [0.29, 0.717) is 11.1 Å². The highest BCUT2D eigenvalue weighted by atomic mass is 32.2. The van der Waals surface area contributed by atoms with Crippen LogP contribution in [-0.2, 0) is 10.8 Å². The van der Waals surface area contributed by atoms with E-state index in [4.69, 9.17) is 0 Å². The normalized spacial score (nSPS) is 12.2. The zero-order valence-electron chi connectivity index (χ0n) is 13.0. The summed E-state index contributed by atoms with van der Waals surface area (Å²) in [5.41, 5.74) is 2.22. The first-order valence-corrected chi connectivity index (χ1v) is 8.79. The number of rotatable bonds is 5. The molecule has 1 atom stereocenters. The summed E-state index contributed by atoms with van der Waals surface area (Å²) in [6.07, 6.45) is 1.81. The second kappa shape index (κ2) is 7.66. The van der Waals surface area contributed by atoms with Gasteiger partial charge in [0.25, 0.3) is 0 Å². The van der Waals surface area contributed by atoms with E-state index in [9.17, 15) is 9.00 Å². The second-order valence-corrected chi connectivity index (χ2v) is 6.57. The summed E-state index contributed by atoms with van der Waals surface area (Å²) >= 11 is 0. The van der Waals surface area contributed by atoms with Gasteiger partial charge in [0, 0.05) is 21.4 Å². The fourth-order valence-electron chi connectivity index (χ4n) is 2.28. The molecule has 0 aliphatic rings. The Hall–Kier alpha value is -2.78. The van der Waals surface area contributed by atoms with Gasteiger partial charge in [-0.15, -0.1) is 0 Å². The third-order valence-corrected chi connectivity index (χ3v) is 4.69. The van der Waals surface area contributed by atoms with Gasteiger partial charge in [-0.3, -0.25) is 4.79 Å². The minimum Gasteiger partial charge on any atom is -0.289 e. The Balaban J connectivity index is 1.72. The molecule has 0 spiro atoms. The molecule has 3 aromatic rings. The summed E-state index contributed by atoms with van der Waals surface area (Å²) < 4.78 is 12.1. The number of ketones is 1. The zero-order chi connectivity index (χ0) is 16.8. The van der Waals surface area contributed by atoms with Crippen molar-refractivity contribution in [2.75, 3.05) is 0 Å². The molecular formula is C21H16O2S. The zero-order valence-corrected chi connectivity index (χ0v) is 13.8. The van der Waals surface area contributed by atoms with Crippen LogP contribution in [0.15, 0.2) is 95.2 Å². The summed E-state index contributed by atoms with van der Waals surface area (Å²) in [4.78, 5) is 13.1. The van der Waals surface area contributed by atoms with Gasteiger partial charge in [0.15, 0.2) is 5.78 Å². The summed E-state index contributed by atoms with van der Waals surface area (Å²) in [5, 5.41) is 1.66. The maximum atomic E-state index is 12.3. The van der Waals surface area contributed by atoms with E-state index >= 15 is 0 Å². The van der Waals surface area contributed by atoms with Crippen molar-refractivity contribution in [3.05, 3.63) is 107 Å². The smallest absolute Gasteiger partial charge is 0.193 e. The van der Waals surface area contributed by atoms with Gasteiger partial charge >= 0.3 is 0 Å². The van der Waals surface area contributed by atoms with Crippen LogP contribution in [0.2, 0.25) is 0 Å². The van der Waals surface area contributed by atoms with Crippen LogP contribution in [0.25, 0.3) is 6.08 Å². The molecule has 0 fully saturated rings. The Kier molecular flexibility index (Phi) is 5.14. The molecule has 0 N–H and O–H groups in total. The summed E-state index contributed by atoms with van der Waals surface area (Å²) in [7, 11) is -1.18. The predicted octanol–water partition coefficient (Wildman–Crippen LogP) is 4.70. The Labute approximate surface area is 143 Å². The SMILES string of the molecule is O=C(c1ccccc1)c1ccc(/C=C/S(=O)c2ccccc2)cc1. The maximum Gasteiger partial charge on any atom is 0.193 e. The van der Waals surface area contributed by atoms with Crippen LogP contribution >= 0.6 is 0 Å². The van der Waals surface area contributed by atoms with Crippen LogP contribution in [-0.4, -0.2) is 9.99 Å². The molecule has 24 heavy (non-hydrogen) atoms. The van der Waals surface area contributed by atoms with Gasteiger partial charge in [-0.25, -0.2) is 4.21 Å². The van der Waals surface area contributed by atoms with Crippen molar-refractivity contribution in [3.63, 3.8) is 0 Å². The number of carbonyl (C=O) groups excluding carboxylic acids is 1. The average molecular weight is 332 g/mol. The van der Waals surface area contributed by atoms with Gasteiger partial charge in [-0.05, 0) is 23.8 Å². The van der Waals surface area contributed by atoms with E-state index in [1.165, 1.54) is 0 Å². The Bertz CT molecular complexity index is 867. The first-order chi connectivity index (χ1) is 11.7. The van der Waals surface area contributed by atoms with E-state index in [-0.39, 0.29) is 5.78 Å². The molecule has 118 valence electrons. The molecule has 3 rings (SSSR count). The maximum absolute atomic E-state index is 12.3. The molecule has 0 aliphatic carbocycles. The molecule has 0 amide bonds. The van der Waals surface area contributed by atoms with Crippen LogP contribution in [0.3, 0.4) is 0 Å². The quantitative estimate of drug-likeness (QED) is 0.635. The number of carbonyl (C=O) groups is 1. The second-order valence-electron chi connectivity index (χ2n) is 5.23. The lowest BCUT2D eigenvalue weighted by atomic mass is 10.0. The average Bonchev–Trinajstić information content (AvgIpc) is 2.67. The molecule has 0 heterocycles. The summed E-state index contributed by atoms with van der Waals surface area (Å²) in [6, 6.07) is 25.8. The van der Waals surface area contributed by atoms with Crippen molar-refractivity contribution in [2.24, 2.45) is 0 Å². The summed E-state index contributed by atoms with van der Waals surface area (Å²) in [6.45, 7) is 0. The molecule has 0 aromatic heterocycles. The molecule has 3 aromatic carbocycles. The molecule has 0 bridgehead atoms. The van der Waals surface area contributed by atoms with E-state index in [2.05, 4.69) is 0 Å². The lowest BCUT2D eigenvalue weighted by Crippen LogP contribution is -2.00. The number of hydrogen-bond acceptors (Lipinski definition) is 2. The van der Waals surface area contributed by atoms with E-state index in [0.717, 1.165) is 10.5 Å². The monoisotopic (exact) mass is 332 g/mol. The van der Waals surface area contributed by atoms with Crippen molar-refractivity contribution >= 4 is 22.7 Å². The first kappa shape index (κ1) is 16.1. The highest BCUT2D eigenvalue weighted by molar-refractivity contribution is 7.88. The predicted molar refractivity (Wildman–Crippen MR) is 98.2 cm³/mol. The lowest BCUT2D eigenvalue weighted by molar-refractivity contribution is 0.103. The molecule has 3 heteroatoms. The van der Waals surface area contributed by atoms with Crippen LogP contribution in [0.5, 0.6) is 0 Å². The van der Waals surface area contributed by atoms with Crippen molar-refractivity contribution < 1.29 is 9.00 Å². The van der Waals surface area contributed by atoms with Crippen LogP contribution in [0, 0.1) is 0 Å². The largest absolute Gasteiger partial charge is 0.289 e. The van der Waals surface area contributed by atoms with Gasteiger partial charge in [0.1, 0.15) is 0 Å². The first-order valence-electron chi connectivity index (χ1n) is 7.58. The molecule has 2 nitrogen and oxygen atoms in total. The van der Waals surface area contributed by atoms with Gasteiger partial charge < -0.3 is 0 Å². The fourth-order valence-corrected chi connectivity index (χ4v) is 3.14. The van der Waals surface area contributed by atoms with Crippen LogP contribution in [0.1, 0.15) is 21.5 Å². The summed E-state index contributed by atoms with van der Waals surface area (Å²) in [5.74, 6) is -0.000934. The molecule has 0 saturated heterocycles. The molecular weight excluding hydrogens is 316 g/mol. The molecule has 0 radical (unpaired) electrons. The fraction of sp³-hybridized carbons (Fsp3) is 0. The third kappa shape index (κ3) is 3.94. The highest BCUT2D eigenvalue weighted by Gasteiger charge is 2.07. The lowest BCUT2D eigenvalue weighted by Gasteiger charge is -2.02. The molecule has 1 unspecified atom stereocenters. The standard InChI is InChI=1S/C21H16O2S/c22-21(18-7-3-1-4-8-18)19-13-11-17(12-14-19)15-16-24(23)20-9-5-2-6-10-20/h1-16H/b16-15+. The minimum absolute atomic E-state index is 0.000934. The van der Waals surface area contributed by atoms with E-state index in [1.54, 1.807) is 35.7 Å². The Morgan fingerprint density at radius 1 is 0.708 bits per heavy atom. The van der Waals surface area contributed by atoms with Crippen LogP contribution in [0.4, 0.5) is 0 Å². The molecule has 0 aliphatic heterocycles.